The molecular weight excluding hydrogens is 238 g/mol. The Labute approximate surface area is 114 Å². The van der Waals surface area contributed by atoms with Crippen LogP contribution < -0.4 is 10.1 Å². The fourth-order valence-corrected chi connectivity index (χ4v) is 3.34. The number of carbonyl (C=O) groups is 1. The molecule has 102 valence electrons. The number of fused-ring (bicyclic) bond motifs is 2. The van der Waals surface area contributed by atoms with Gasteiger partial charge >= 0.3 is 0 Å². The number of rotatable bonds is 4. The molecule has 2 saturated heterocycles. The van der Waals surface area contributed by atoms with Crippen LogP contribution in [0.5, 0.6) is 5.75 Å². The van der Waals surface area contributed by atoms with E-state index in [9.17, 15) is 4.79 Å². The van der Waals surface area contributed by atoms with Gasteiger partial charge in [-0.05, 0) is 45.2 Å². The zero-order valence-electron chi connectivity index (χ0n) is 11.6. The van der Waals surface area contributed by atoms with E-state index in [1.54, 1.807) is 0 Å². The van der Waals surface area contributed by atoms with Crippen molar-refractivity contribution in [3.8, 4) is 5.75 Å². The number of carbonyl (C=O) groups excluding carboxylic acids is 1. The van der Waals surface area contributed by atoms with Crippen molar-refractivity contribution >= 4 is 5.78 Å². The van der Waals surface area contributed by atoms with Gasteiger partial charge in [-0.25, -0.2) is 0 Å². The van der Waals surface area contributed by atoms with E-state index in [0.717, 1.165) is 24.2 Å². The Morgan fingerprint density at radius 3 is 2.74 bits per heavy atom. The first-order valence-corrected chi connectivity index (χ1v) is 7.21. The van der Waals surface area contributed by atoms with Crippen LogP contribution in [0.3, 0.4) is 0 Å². The molecule has 2 heterocycles. The second-order valence-electron chi connectivity index (χ2n) is 5.92. The predicted octanol–water partition coefficient (Wildman–Crippen LogP) is 2.80. The summed E-state index contributed by atoms with van der Waals surface area (Å²) in [6, 6.07) is 8.57. The van der Waals surface area contributed by atoms with Gasteiger partial charge in [0.2, 0.25) is 0 Å². The Hall–Kier alpha value is -1.35. The Morgan fingerprint density at radius 2 is 2.11 bits per heavy atom. The lowest BCUT2D eigenvalue weighted by molar-refractivity contribution is 0.0895. The third-order valence-corrected chi connectivity index (χ3v) is 4.15. The lowest BCUT2D eigenvalue weighted by Gasteiger charge is -2.21. The van der Waals surface area contributed by atoms with Crippen LogP contribution >= 0.6 is 0 Å². The quantitative estimate of drug-likeness (QED) is 0.845. The Balaban J connectivity index is 1.83. The molecule has 3 heteroatoms. The molecule has 3 unspecified atom stereocenters. The minimum Gasteiger partial charge on any atom is -0.490 e. The van der Waals surface area contributed by atoms with Crippen LogP contribution in [0.2, 0.25) is 0 Å². The number of Topliss-reactive ketones (excluding diaryl/α,β-unsaturated/α-hetero) is 1. The maximum Gasteiger partial charge on any atom is 0.171 e. The van der Waals surface area contributed by atoms with Crippen LogP contribution in [0, 0.1) is 5.92 Å². The van der Waals surface area contributed by atoms with Crippen molar-refractivity contribution < 1.29 is 9.53 Å². The summed E-state index contributed by atoms with van der Waals surface area (Å²) >= 11 is 0. The number of benzene rings is 1. The van der Waals surface area contributed by atoms with Gasteiger partial charge in [-0.2, -0.15) is 0 Å². The van der Waals surface area contributed by atoms with Crippen LogP contribution in [0.1, 0.15) is 43.5 Å². The van der Waals surface area contributed by atoms with Crippen LogP contribution in [-0.2, 0) is 0 Å². The first-order chi connectivity index (χ1) is 9.15. The van der Waals surface area contributed by atoms with Gasteiger partial charge < -0.3 is 10.1 Å². The first kappa shape index (κ1) is 12.7. The smallest absolute Gasteiger partial charge is 0.171 e. The molecule has 1 aromatic carbocycles. The summed E-state index contributed by atoms with van der Waals surface area (Å²) in [7, 11) is 0. The van der Waals surface area contributed by atoms with Gasteiger partial charge in [0.15, 0.2) is 5.78 Å². The Kier molecular flexibility index (Phi) is 3.31. The monoisotopic (exact) mass is 259 g/mol. The molecule has 2 bridgehead atoms. The molecule has 1 aromatic rings. The number of hydrogen-bond donors (Lipinski definition) is 1. The molecule has 3 atom stereocenters. The number of hydrogen-bond acceptors (Lipinski definition) is 3. The lowest BCUT2D eigenvalue weighted by atomic mass is 9.83. The van der Waals surface area contributed by atoms with Gasteiger partial charge in [-0.15, -0.1) is 0 Å². The minimum absolute atomic E-state index is 0.0899. The standard InChI is InChI=1S/C16H21NO2/c1-10(2)19-15-6-4-3-5-12(15)16(18)13-9-11-7-8-14(13)17-11/h3-6,10-11,13-14,17H,7-9H2,1-2H3. The second-order valence-corrected chi connectivity index (χ2v) is 5.92. The van der Waals surface area contributed by atoms with E-state index in [4.69, 9.17) is 4.74 Å². The molecule has 0 spiro atoms. The van der Waals surface area contributed by atoms with Crippen molar-refractivity contribution in [1.29, 1.82) is 0 Å². The van der Waals surface area contributed by atoms with Crippen molar-refractivity contribution in [2.45, 2.75) is 51.3 Å². The van der Waals surface area contributed by atoms with Crippen molar-refractivity contribution in [3.05, 3.63) is 29.8 Å². The van der Waals surface area contributed by atoms with Crippen molar-refractivity contribution in [2.24, 2.45) is 5.92 Å². The number of para-hydroxylation sites is 1. The highest BCUT2D eigenvalue weighted by Gasteiger charge is 2.43. The average molecular weight is 259 g/mol. The molecule has 19 heavy (non-hydrogen) atoms. The molecule has 3 nitrogen and oxygen atoms in total. The molecule has 2 aliphatic rings. The summed E-state index contributed by atoms with van der Waals surface area (Å²) in [5.74, 6) is 1.11. The summed E-state index contributed by atoms with van der Waals surface area (Å²) < 4.78 is 5.76. The van der Waals surface area contributed by atoms with E-state index in [2.05, 4.69) is 5.32 Å². The SMILES string of the molecule is CC(C)Oc1ccccc1C(=O)C1CC2CCC1N2. The van der Waals surface area contributed by atoms with Crippen molar-refractivity contribution in [3.63, 3.8) is 0 Å². The summed E-state index contributed by atoms with van der Waals surface area (Å²) in [6.45, 7) is 3.97. The van der Waals surface area contributed by atoms with E-state index < -0.39 is 0 Å². The molecule has 2 fully saturated rings. The first-order valence-electron chi connectivity index (χ1n) is 7.21. The predicted molar refractivity (Wildman–Crippen MR) is 74.6 cm³/mol. The van der Waals surface area contributed by atoms with Crippen LogP contribution in [0.25, 0.3) is 0 Å². The fourth-order valence-electron chi connectivity index (χ4n) is 3.34. The van der Waals surface area contributed by atoms with Gasteiger partial charge in [0.25, 0.3) is 0 Å². The molecule has 2 aliphatic heterocycles. The Morgan fingerprint density at radius 1 is 1.32 bits per heavy atom. The summed E-state index contributed by atoms with van der Waals surface area (Å²) in [6.07, 6.45) is 3.43. The summed E-state index contributed by atoms with van der Waals surface area (Å²) in [5.41, 5.74) is 0.746. The Bertz CT molecular complexity index is 483. The molecule has 1 N–H and O–H groups in total. The average Bonchev–Trinajstić information content (AvgIpc) is 3.00. The van der Waals surface area contributed by atoms with Crippen molar-refractivity contribution in [1.82, 2.24) is 5.32 Å². The van der Waals surface area contributed by atoms with Gasteiger partial charge in [-0.3, -0.25) is 4.79 Å². The highest BCUT2D eigenvalue weighted by atomic mass is 16.5. The summed E-state index contributed by atoms with van der Waals surface area (Å²) in [5, 5.41) is 3.53. The van der Waals surface area contributed by atoms with E-state index >= 15 is 0 Å². The molecule has 0 saturated carbocycles. The topological polar surface area (TPSA) is 38.3 Å². The summed E-state index contributed by atoms with van der Waals surface area (Å²) in [4.78, 5) is 12.7. The molecule has 3 rings (SSSR count). The maximum absolute atomic E-state index is 12.7. The maximum atomic E-state index is 12.7. The number of ketones is 1. The molecule has 0 amide bonds. The molecule has 0 aromatic heterocycles. The number of nitrogens with one attached hydrogen (secondary N) is 1. The van der Waals surface area contributed by atoms with Crippen LogP contribution in [0.4, 0.5) is 0 Å². The fraction of sp³-hybridized carbons (Fsp3) is 0.562. The van der Waals surface area contributed by atoms with Gasteiger partial charge in [0, 0.05) is 18.0 Å². The highest BCUT2D eigenvalue weighted by Crippen LogP contribution is 2.36. The molecule has 0 aliphatic carbocycles. The van der Waals surface area contributed by atoms with Crippen molar-refractivity contribution in [2.75, 3.05) is 0 Å². The zero-order chi connectivity index (χ0) is 13.4. The van der Waals surface area contributed by atoms with E-state index in [1.165, 1.54) is 6.42 Å². The van der Waals surface area contributed by atoms with E-state index in [1.807, 2.05) is 38.1 Å². The molecular formula is C16H21NO2. The van der Waals surface area contributed by atoms with Gasteiger partial charge in [0.05, 0.1) is 11.7 Å². The third kappa shape index (κ3) is 2.39. The van der Waals surface area contributed by atoms with Crippen LogP contribution in [-0.4, -0.2) is 24.0 Å². The third-order valence-electron chi connectivity index (χ3n) is 4.15. The lowest BCUT2D eigenvalue weighted by Crippen LogP contribution is -2.29. The molecule has 0 radical (unpaired) electrons. The van der Waals surface area contributed by atoms with E-state index in [-0.39, 0.29) is 17.8 Å². The largest absolute Gasteiger partial charge is 0.490 e. The van der Waals surface area contributed by atoms with Gasteiger partial charge in [-0.1, -0.05) is 12.1 Å². The minimum atomic E-state index is 0.0899. The van der Waals surface area contributed by atoms with Gasteiger partial charge in [0.1, 0.15) is 5.75 Å². The number of ether oxygens (including phenoxy) is 1. The highest BCUT2D eigenvalue weighted by molar-refractivity contribution is 6.01. The normalized spacial score (nSPS) is 28.9. The second kappa shape index (κ2) is 4.97. The van der Waals surface area contributed by atoms with E-state index in [0.29, 0.717) is 12.1 Å². The van der Waals surface area contributed by atoms with Crippen LogP contribution in [0.15, 0.2) is 24.3 Å². The zero-order valence-corrected chi connectivity index (χ0v) is 11.6.